The second kappa shape index (κ2) is 3.14. The number of carbonyl (C=O) groups excluding carboxylic acids is 1. The van der Waals surface area contributed by atoms with Crippen molar-refractivity contribution in [1.82, 2.24) is 0 Å². The zero-order valence-electron chi connectivity index (χ0n) is 7.21. The van der Waals surface area contributed by atoms with Crippen LogP contribution in [0.25, 0.3) is 0 Å². The lowest BCUT2D eigenvalue weighted by Gasteiger charge is -2.07. The monoisotopic (exact) mass is 240 g/mol. The first-order chi connectivity index (χ1) is 6.24. The van der Waals surface area contributed by atoms with E-state index in [0.717, 1.165) is 16.9 Å². The van der Waals surface area contributed by atoms with Gasteiger partial charge in [-0.05, 0) is 6.07 Å². The maximum Gasteiger partial charge on any atom is 0.164 e. The standard InChI is InChI=1S/C10H9BrO2/c1-13-9-4-2-3-6-8(12)5-7(11)10(6)9/h2-4,7H,5H2,1H3. The molecule has 1 aliphatic carbocycles. The van der Waals surface area contributed by atoms with Crippen LogP contribution in [0, 0.1) is 0 Å². The molecule has 1 aromatic rings. The number of alkyl halides is 1. The summed E-state index contributed by atoms with van der Waals surface area (Å²) < 4.78 is 5.19. The van der Waals surface area contributed by atoms with Crippen molar-refractivity contribution in [2.45, 2.75) is 11.2 Å². The molecule has 0 aromatic heterocycles. The third-order valence-electron chi connectivity index (χ3n) is 2.26. The van der Waals surface area contributed by atoms with Crippen molar-refractivity contribution in [2.24, 2.45) is 0 Å². The minimum absolute atomic E-state index is 0.117. The molecule has 1 atom stereocenters. The topological polar surface area (TPSA) is 26.3 Å². The highest BCUT2D eigenvalue weighted by molar-refractivity contribution is 9.09. The largest absolute Gasteiger partial charge is 0.496 e. The number of fused-ring (bicyclic) bond motifs is 1. The molecule has 0 heterocycles. The van der Waals surface area contributed by atoms with Gasteiger partial charge in [-0.1, -0.05) is 28.1 Å². The summed E-state index contributed by atoms with van der Waals surface area (Å²) >= 11 is 3.47. The van der Waals surface area contributed by atoms with Crippen LogP contribution in [0.1, 0.15) is 27.2 Å². The molecule has 0 saturated heterocycles. The highest BCUT2D eigenvalue weighted by Crippen LogP contribution is 2.42. The summed E-state index contributed by atoms with van der Waals surface area (Å²) in [5, 5.41) is 0. The number of carbonyl (C=O) groups is 1. The van der Waals surface area contributed by atoms with Crippen molar-refractivity contribution in [1.29, 1.82) is 0 Å². The van der Waals surface area contributed by atoms with Crippen LogP contribution < -0.4 is 4.74 Å². The summed E-state index contributed by atoms with van der Waals surface area (Å²) in [4.78, 5) is 11.6. The second-order valence-electron chi connectivity index (χ2n) is 3.02. The van der Waals surface area contributed by atoms with E-state index in [4.69, 9.17) is 4.74 Å². The fourth-order valence-electron chi connectivity index (χ4n) is 1.66. The lowest BCUT2D eigenvalue weighted by molar-refractivity contribution is 0.0994. The molecule has 68 valence electrons. The van der Waals surface area contributed by atoms with Crippen LogP contribution in [-0.2, 0) is 0 Å². The van der Waals surface area contributed by atoms with Crippen LogP contribution in [0.15, 0.2) is 18.2 Å². The van der Waals surface area contributed by atoms with E-state index in [-0.39, 0.29) is 10.6 Å². The molecule has 2 rings (SSSR count). The Labute approximate surface area is 85.0 Å². The van der Waals surface area contributed by atoms with Gasteiger partial charge in [0.25, 0.3) is 0 Å². The van der Waals surface area contributed by atoms with Crippen LogP contribution in [0.2, 0.25) is 0 Å². The third kappa shape index (κ3) is 1.27. The highest BCUT2D eigenvalue weighted by Gasteiger charge is 2.29. The van der Waals surface area contributed by atoms with Gasteiger partial charge < -0.3 is 4.74 Å². The molecule has 1 aliphatic rings. The summed E-state index contributed by atoms with van der Waals surface area (Å²) in [5.74, 6) is 0.987. The molecule has 0 fully saturated rings. The Morgan fingerprint density at radius 1 is 1.54 bits per heavy atom. The minimum atomic E-state index is 0.117. The Morgan fingerprint density at radius 2 is 2.31 bits per heavy atom. The quantitative estimate of drug-likeness (QED) is 0.706. The molecule has 2 nitrogen and oxygen atoms in total. The van der Waals surface area contributed by atoms with E-state index >= 15 is 0 Å². The molecule has 0 bridgehead atoms. The summed E-state index contributed by atoms with van der Waals surface area (Å²) in [7, 11) is 1.62. The van der Waals surface area contributed by atoms with Gasteiger partial charge in [-0.2, -0.15) is 0 Å². The van der Waals surface area contributed by atoms with E-state index in [2.05, 4.69) is 15.9 Å². The van der Waals surface area contributed by atoms with Crippen molar-refractivity contribution in [3.05, 3.63) is 29.3 Å². The van der Waals surface area contributed by atoms with Gasteiger partial charge in [0.05, 0.1) is 11.9 Å². The molecule has 0 saturated carbocycles. The van der Waals surface area contributed by atoms with Gasteiger partial charge >= 0.3 is 0 Å². The molecule has 0 aliphatic heterocycles. The number of hydrogen-bond acceptors (Lipinski definition) is 2. The number of Topliss-reactive ketones (excluding diaryl/α,β-unsaturated/α-hetero) is 1. The van der Waals surface area contributed by atoms with Crippen LogP contribution in [-0.4, -0.2) is 12.9 Å². The summed E-state index contributed by atoms with van der Waals surface area (Å²) in [6, 6.07) is 5.58. The van der Waals surface area contributed by atoms with Gasteiger partial charge in [-0.15, -0.1) is 0 Å². The number of halogens is 1. The van der Waals surface area contributed by atoms with E-state index in [1.807, 2.05) is 18.2 Å². The minimum Gasteiger partial charge on any atom is -0.496 e. The molecule has 13 heavy (non-hydrogen) atoms. The van der Waals surface area contributed by atoms with E-state index < -0.39 is 0 Å². The number of ketones is 1. The van der Waals surface area contributed by atoms with Gasteiger partial charge in [0.1, 0.15) is 5.75 Å². The lowest BCUT2D eigenvalue weighted by Crippen LogP contribution is -1.93. The highest BCUT2D eigenvalue weighted by atomic mass is 79.9. The Kier molecular flexibility index (Phi) is 2.12. The van der Waals surface area contributed by atoms with Crippen molar-refractivity contribution >= 4 is 21.7 Å². The lowest BCUT2D eigenvalue weighted by atomic mass is 10.1. The third-order valence-corrected chi connectivity index (χ3v) is 3.05. The van der Waals surface area contributed by atoms with Crippen LogP contribution >= 0.6 is 15.9 Å². The van der Waals surface area contributed by atoms with Gasteiger partial charge in [-0.25, -0.2) is 0 Å². The predicted octanol–water partition coefficient (Wildman–Crippen LogP) is 2.72. The average molecular weight is 241 g/mol. The Morgan fingerprint density at radius 3 is 3.00 bits per heavy atom. The normalized spacial score (nSPS) is 20.2. The van der Waals surface area contributed by atoms with E-state index in [1.54, 1.807) is 7.11 Å². The number of rotatable bonds is 1. The SMILES string of the molecule is COc1cccc2c1C(Br)CC2=O. The van der Waals surface area contributed by atoms with Gasteiger partial charge in [0.2, 0.25) is 0 Å². The zero-order chi connectivity index (χ0) is 9.42. The fraction of sp³-hybridized carbons (Fsp3) is 0.300. The second-order valence-corrected chi connectivity index (χ2v) is 4.12. The molecule has 0 N–H and O–H groups in total. The molecule has 0 spiro atoms. The summed E-state index contributed by atoms with van der Waals surface area (Å²) in [6.45, 7) is 0. The predicted molar refractivity (Wildman–Crippen MR) is 53.6 cm³/mol. The maximum atomic E-state index is 11.5. The first-order valence-electron chi connectivity index (χ1n) is 4.08. The van der Waals surface area contributed by atoms with Gasteiger partial charge in [-0.3, -0.25) is 4.79 Å². The van der Waals surface area contributed by atoms with Crippen LogP contribution in [0.4, 0.5) is 0 Å². The Bertz CT molecular complexity index is 360. The molecular formula is C10H9BrO2. The average Bonchev–Trinajstić information content (AvgIpc) is 2.43. The molecule has 0 amide bonds. The Hall–Kier alpha value is -0.830. The molecule has 0 radical (unpaired) electrons. The smallest absolute Gasteiger partial charge is 0.164 e. The zero-order valence-corrected chi connectivity index (χ0v) is 8.80. The maximum absolute atomic E-state index is 11.5. The first-order valence-corrected chi connectivity index (χ1v) is 4.99. The van der Waals surface area contributed by atoms with E-state index in [1.165, 1.54) is 0 Å². The first kappa shape index (κ1) is 8.75. The van der Waals surface area contributed by atoms with Crippen molar-refractivity contribution in [3.8, 4) is 5.75 Å². The fourth-order valence-corrected chi connectivity index (χ4v) is 2.43. The number of methoxy groups -OCH3 is 1. The van der Waals surface area contributed by atoms with E-state index in [9.17, 15) is 4.79 Å². The van der Waals surface area contributed by atoms with Crippen LogP contribution in [0.3, 0.4) is 0 Å². The number of hydrogen-bond donors (Lipinski definition) is 0. The molecular weight excluding hydrogens is 232 g/mol. The summed E-state index contributed by atoms with van der Waals surface area (Å²) in [6.07, 6.45) is 0.537. The van der Waals surface area contributed by atoms with Crippen LogP contribution in [0.5, 0.6) is 5.75 Å². The van der Waals surface area contributed by atoms with Crippen molar-refractivity contribution in [2.75, 3.05) is 7.11 Å². The molecule has 1 unspecified atom stereocenters. The number of benzene rings is 1. The Balaban J connectivity index is 2.62. The van der Waals surface area contributed by atoms with Gasteiger partial charge in [0, 0.05) is 17.5 Å². The summed E-state index contributed by atoms with van der Waals surface area (Å²) in [5.41, 5.74) is 1.79. The van der Waals surface area contributed by atoms with E-state index in [0.29, 0.717) is 6.42 Å². The van der Waals surface area contributed by atoms with Gasteiger partial charge in [0.15, 0.2) is 5.78 Å². The van der Waals surface area contributed by atoms with Crippen molar-refractivity contribution < 1.29 is 9.53 Å². The van der Waals surface area contributed by atoms with Crippen molar-refractivity contribution in [3.63, 3.8) is 0 Å². The molecule has 3 heteroatoms. The number of ether oxygens (including phenoxy) is 1. The molecule has 1 aromatic carbocycles.